The molecule has 0 spiro atoms. The van der Waals surface area contributed by atoms with E-state index in [1.54, 1.807) is 0 Å². The van der Waals surface area contributed by atoms with Crippen molar-refractivity contribution in [3.8, 4) is 0 Å². The number of aryl methyl sites for hydroxylation is 1. The largest absolute Gasteiger partial charge is 0.385 e. The van der Waals surface area contributed by atoms with Crippen LogP contribution in [0.2, 0.25) is 0 Å². The van der Waals surface area contributed by atoms with E-state index >= 15 is 0 Å². The van der Waals surface area contributed by atoms with Gasteiger partial charge in [0.25, 0.3) is 5.91 Å². The molecule has 0 fully saturated rings. The Balaban J connectivity index is 1.69. The van der Waals surface area contributed by atoms with Crippen LogP contribution in [-0.4, -0.2) is 22.6 Å². The lowest BCUT2D eigenvalue weighted by Crippen LogP contribution is -2.24. The van der Waals surface area contributed by atoms with E-state index in [9.17, 15) is 4.79 Å². The number of nitrogens with zero attached hydrogens (tertiary/aromatic N) is 2. The van der Waals surface area contributed by atoms with Crippen LogP contribution < -0.4 is 10.6 Å². The van der Waals surface area contributed by atoms with Crippen molar-refractivity contribution in [2.24, 2.45) is 0 Å². The van der Waals surface area contributed by atoms with Crippen molar-refractivity contribution in [1.29, 1.82) is 0 Å². The third-order valence-electron chi connectivity index (χ3n) is 3.12. The van der Waals surface area contributed by atoms with E-state index in [1.165, 1.54) is 12.0 Å². The predicted octanol–water partition coefficient (Wildman–Crippen LogP) is 1.36. The summed E-state index contributed by atoms with van der Waals surface area (Å²) in [5.41, 5.74) is 2.98. The molecule has 0 unspecified atom stereocenters. The number of hydrogen-bond acceptors (Lipinski definition) is 5. The normalized spacial score (nSPS) is 13.5. The number of nitrogens with one attached hydrogen (secondary N) is 2. The van der Waals surface area contributed by atoms with Crippen LogP contribution in [0.15, 0.2) is 29.1 Å². The Morgan fingerprint density at radius 3 is 3.26 bits per heavy atom. The fraction of sp³-hybridized carbons (Fsp3) is 0.308. The number of amides is 1. The van der Waals surface area contributed by atoms with E-state index in [-0.39, 0.29) is 12.5 Å². The molecule has 1 amide bonds. The van der Waals surface area contributed by atoms with Gasteiger partial charge in [-0.25, -0.2) is 0 Å². The molecule has 2 aromatic rings. The van der Waals surface area contributed by atoms with Crippen LogP contribution in [0, 0.1) is 0 Å². The van der Waals surface area contributed by atoms with Crippen LogP contribution >= 0.6 is 0 Å². The SMILES string of the molecule is O=C(NCc1ncon1)c1ccc2c(c1)CCCN2. The standard InChI is InChI=1S/C13H14N4O2/c18-13(15-7-12-16-8-19-17-12)10-3-4-11-9(6-10)2-1-5-14-11/h3-4,6,8,14H,1-2,5,7H2,(H,15,18). The van der Waals surface area contributed by atoms with E-state index in [2.05, 4.69) is 25.3 Å². The van der Waals surface area contributed by atoms with Crippen LogP contribution in [0.3, 0.4) is 0 Å². The Labute approximate surface area is 110 Å². The topological polar surface area (TPSA) is 80.1 Å². The van der Waals surface area contributed by atoms with Gasteiger partial charge in [-0.1, -0.05) is 5.16 Å². The highest BCUT2D eigenvalue weighted by Gasteiger charge is 2.12. The molecule has 6 nitrogen and oxygen atoms in total. The smallest absolute Gasteiger partial charge is 0.251 e. The number of carbonyl (C=O) groups is 1. The molecule has 0 saturated heterocycles. The highest BCUT2D eigenvalue weighted by atomic mass is 16.5. The van der Waals surface area contributed by atoms with Gasteiger partial charge in [0.15, 0.2) is 5.82 Å². The van der Waals surface area contributed by atoms with Gasteiger partial charge in [-0.15, -0.1) is 0 Å². The minimum Gasteiger partial charge on any atom is -0.385 e. The molecule has 2 heterocycles. The molecule has 3 rings (SSSR count). The monoisotopic (exact) mass is 258 g/mol. The van der Waals surface area contributed by atoms with Gasteiger partial charge in [-0.05, 0) is 36.6 Å². The summed E-state index contributed by atoms with van der Waals surface area (Å²) in [6.45, 7) is 1.26. The van der Waals surface area contributed by atoms with E-state index in [0.29, 0.717) is 11.4 Å². The summed E-state index contributed by atoms with van der Waals surface area (Å²) in [6, 6.07) is 5.72. The molecule has 1 aromatic heterocycles. The second-order valence-electron chi connectivity index (χ2n) is 4.43. The number of rotatable bonds is 3. The fourth-order valence-electron chi connectivity index (χ4n) is 2.15. The van der Waals surface area contributed by atoms with Gasteiger partial charge in [0.2, 0.25) is 6.39 Å². The van der Waals surface area contributed by atoms with Gasteiger partial charge in [-0.2, -0.15) is 4.98 Å². The molecule has 1 aromatic carbocycles. The molecule has 6 heteroatoms. The Morgan fingerprint density at radius 2 is 2.42 bits per heavy atom. The van der Waals surface area contributed by atoms with Crippen molar-refractivity contribution in [1.82, 2.24) is 15.5 Å². The zero-order chi connectivity index (χ0) is 13.1. The molecule has 0 aliphatic carbocycles. The molecule has 0 saturated carbocycles. The summed E-state index contributed by atoms with van der Waals surface area (Å²) in [5.74, 6) is 0.339. The average Bonchev–Trinajstić information content (AvgIpc) is 2.97. The fourth-order valence-corrected chi connectivity index (χ4v) is 2.15. The molecule has 1 aliphatic rings. The lowest BCUT2D eigenvalue weighted by molar-refractivity contribution is 0.0949. The Hall–Kier alpha value is -2.37. The van der Waals surface area contributed by atoms with Crippen LogP contribution in [0.1, 0.15) is 28.2 Å². The van der Waals surface area contributed by atoms with Gasteiger partial charge in [0.05, 0.1) is 6.54 Å². The molecular formula is C13H14N4O2. The van der Waals surface area contributed by atoms with Crippen LogP contribution in [-0.2, 0) is 13.0 Å². The second-order valence-corrected chi connectivity index (χ2v) is 4.43. The summed E-state index contributed by atoms with van der Waals surface area (Å²) in [5, 5.41) is 9.72. The third-order valence-corrected chi connectivity index (χ3v) is 3.12. The van der Waals surface area contributed by atoms with Crippen LogP contribution in [0.5, 0.6) is 0 Å². The van der Waals surface area contributed by atoms with Crippen molar-refractivity contribution in [3.63, 3.8) is 0 Å². The molecule has 1 aliphatic heterocycles. The van der Waals surface area contributed by atoms with Crippen LogP contribution in [0.25, 0.3) is 0 Å². The number of benzene rings is 1. The molecule has 0 radical (unpaired) electrons. The zero-order valence-electron chi connectivity index (χ0n) is 10.3. The zero-order valence-corrected chi connectivity index (χ0v) is 10.3. The number of fused-ring (bicyclic) bond motifs is 1. The van der Waals surface area contributed by atoms with Crippen molar-refractivity contribution in [3.05, 3.63) is 41.5 Å². The van der Waals surface area contributed by atoms with Crippen molar-refractivity contribution >= 4 is 11.6 Å². The summed E-state index contributed by atoms with van der Waals surface area (Å²) in [6.07, 6.45) is 3.35. The van der Waals surface area contributed by atoms with E-state index in [0.717, 1.165) is 25.1 Å². The summed E-state index contributed by atoms with van der Waals surface area (Å²) in [7, 11) is 0. The second kappa shape index (κ2) is 5.09. The average molecular weight is 258 g/mol. The number of anilines is 1. The summed E-state index contributed by atoms with van der Waals surface area (Å²) < 4.78 is 4.61. The Kier molecular flexibility index (Phi) is 3.14. The predicted molar refractivity (Wildman–Crippen MR) is 68.7 cm³/mol. The molecule has 98 valence electrons. The van der Waals surface area contributed by atoms with E-state index in [1.807, 2.05) is 18.2 Å². The summed E-state index contributed by atoms with van der Waals surface area (Å²) in [4.78, 5) is 15.9. The van der Waals surface area contributed by atoms with Gasteiger partial charge >= 0.3 is 0 Å². The number of aromatic nitrogens is 2. The maximum atomic E-state index is 12.0. The quantitative estimate of drug-likeness (QED) is 0.868. The van der Waals surface area contributed by atoms with Gasteiger partial charge in [0.1, 0.15) is 0 Å². The van der Waals surface area contributed by atoms with Crippen molar-refractivity contribution < 1.29 is 9.32 Å². The minimum absolute atomic E-state index is 0.127. The highest BCUT2D eigenvalue weighted by Crippen LogP contribution is 2.22. The first-order valence-corrected chi connectivity index (χ1v) is 6.23. The minimum atomic E-state index is -0.127. The van der Waals surface area contributed by atoms with Crippen molar-refractivity contribution in [2.75, 3.05) is 11.9 Å². The first-order chi connectivity index (χ1) is 9.33. The lowest BCUT2D eigenvalue weighted by atomic mass is 10.0. The van der Waals surface area contributed by atoms with Gasteiger partial charge < -0.3 is 15.2 Å². The molecular weight excluding hydrogens is 244 g/mol. The lowest BCUT2D eigenvalue weighted by Gasteiger charge is -2.18. The Morgan fingerprint density at radius 1 is 1.47 bits per heavy atom. The number of carbonyl (C=O) groups excluding carboxylic acids is 1. The molecule has 2 N–H and O–H groups in total. The first-order valence-electron chi connectivity index (χ1n) is 6.23. The molecule has 0 bridgehead atoms. The van der Waals surface area contributed by atoms with Crippen molar-refractivity contribution in [2.45, 2.75) is 19.4 Å². The maximum Gasteiger partial charge on any atom is 0.251 e. The highest BCUT2D eigenvalue weighted by molar-refractivity contribution is 5.94. The van der Waals surface area contributed by atoms with E-state index < -0.39 is 0 Å². The molecule has 19 heavy (non-hydrogen) atoms. The third kappa shape index (κ3) is 2.57. The van der Waals surface area contributed by atoms with E-state index in [4.69, 9.17) is 0 Å². The maximum absolute atomic E-state index is 12.0. The Bertz CT molecular complexity index is 580. The van der Waals surface area contributed by atoms with Gasteiger partial charge in [0, 0.05) is 17.8 Å². The molecule has 0 atom stereocenters. The van der Waals surface area contributed by atoms with Gasteiger partial charge in [-0.3, -0.25) is 4.79 Å². The number of hydrogen-bond donors (Lipinski definition) is 2. The van der Waals surface area contributed by atoms with Crippen LogP contribution in [0.4, 0.5) is 5.69 Å². The summed E-state index contributed by atoms with van der Waals surface area (Å²) >= 11 is 0. The first kappa shape index (κ1) is 11.7.